The maximum Gasteiger partial charge on any atom is 0.144 e. The van der Waals surface area contributed by atoms with Gasteiger partial charge in [0.1, 0.15) is 12.3 Å². The molecule has 0 radical (unpaired) electrons. The van der Waals surface area contributed by atoms with Crippen molar-refractivity contribution in [3.05, 3.63) is 36.0 Å². The lowest BCUT2D eigenvalue weighted by Gasteiger charge is -2.44. The van der Waals surface area contributed by atoms with E-state index in [2.05, 4.69) is 32.1 Å². The van der Waals surface area contributed by atoms with Crippen LogP contribution in [-0.4, -0.2) is 50.5 Å². The van der Waals surface area contributed by atoms with Crippen LogP contribution in [0.15, 0.2) is 36.0 Å². The number of aliphatic hydroxyl groups excluding tert-OH is 2. The van der Waals surface area contributed by atoms with E-state index in [9.17, 15) is 24.8 Å². The first kappa shape index (κ1) is 28.6. The Morgan fingerprint density at radius 3 is 2.37 bits per heavy atom. The molecular formula is C30H49FO4. The molecule has 3 rings (SSSR count). The van der Waals surface area contributed by atoms with Gasteiger partial charge in [-0.2, -0.15) is 0 Å². The van der Waals surface area contributed by atoms with Gasteiger partial charge in [-0.15, -0.1) is 0 Å². The predicted octanol–water partition coefficient (Wildman–Crippen LogP) is 5.65. The van der Waals surface area contributed by atoms with E-state index in [0.29, 0.717) is 30.6 Å². The lowest BCUT2D eigenvalue weighted by Crippen LogP contribution is -2.58. The molecule has 0 aromatic heterocycles. The van der Waals surface area contributed by atoms with Crippen molar-refractivity contribution in [3.8, 4) is 0 Å². The fraction of sp³-hybridized carbons (Fsp3) is 0.800. The Bertz CT molecular complexity index is 773. The maximum absolute atomic E-state index is 13.2. The minimum absolute atomic E-state index is 0.0586. The average Bonchev–Trinajstić information content (AvgIpc) is 3.21. The second-order valence-corrected chi connectivity index (χ2v) is 12.0. The van der Waals surface area contributed by atoms with Crippen LogP contribution in [0.25, 0.3) is 0 Å². The van der Waals surface area contributed by atoms with Crippen LogP contribution in [0.1, 0.15) is 91.9 Å². The third-order valence-electron chi connectivity index (χ3n) is 10.0. The molecule has 4 N–H and O–H groups in total. The highest BCUT2D eigenvalue weighted by molar-refractivity contribution is 5.20. The van der Waals surface area contributed by atoms with Crippen molar-refractivity contribution in [2.75, 3.05) is 6.67 Å². The van der Waals surface area contributed by atoms with Crippen LogP contribution < -0.4 is 0 Å². The number of rotatable bonds is 9. The molecule has 35 heavy (non-hydrogen) atoms. The number of allylic oxidation sites excluding steroid dienone is 5. The van der Waals surface area contributed by atoms with Gasteiger partial charge in [-0.1, -0.05) is 63.6 Å². The molecule has 6 atom stereocenters. The smallest absolute Gasteiger partial charge is 0.144 e. The predicted molar refractivity (Wildman–Crippen MR) is 140 cm³/mol. The molecule has 3 aliphatic carbocycles. The van der Waals surface area contributed by atoms with E-state index in [1.807, 2.05) is 26.0 Å². The topological polar surface area (TPSA) is 80.9 Å². The van der Waals surface area contributed by atoms with E-state index >= 15 is 0 Å². The number of halogens is 1. The van der Waals surface area contributed by atoms with Gasteiger partial charge in [-0.05, 0) is 93.3 Å². The summed E-state index contributed by atoms with van der Waals surface area (Å²) in [4.78, 5) is 0. The molecule has 0 saturated heterocycles. The summed E-state index contributed by atoms with van der Waals surface area (Å²) in [7, 11) is 0. The molecule has 3 fully saturated rings. The lowest BCUT2D eigenvalue weighted by molar-refractivity contribution is -0.185. The summed E-state index contributed by atoms with van der Waals surface area (Å²) >= 11 is 0. The fourth-order valence-electron chi connectivity index (χ4n) is 7.33. The van der Waals surface area contributed by atoms with Crippen molar-refractivity contribution in [1.29, 1.82) is 0 Å². The van der Waals surface area contributed by atoms with Gasteiger partial charge in [0.15, 0.2) is 0 Å². The molecule has 4 nitrogen and oxygen atoms in total. The van der Waals surface area contributed by atoms with Crippen LogP contribution in [0.3, 0.4) is 0 Å². The van der Waals surface area contributed by atoms with Crippen molar-refractivity contribution in [1.82, 2.24) is 0 Å². The average molecular weight is 493 g/mol. The molecule has 5 heteroatoms. The van der Waals surface area contributed by atoms with Crippen LogP contribution in [0.5, 0.6) is 0 Å². The summed E-state index contributed by atoms with van der Waals surface area (Å²) in [5, 5.41) is 41.2. The Morgan fingerprint density at radius 2 is 1.77 bits per heavy atom. The standard InChI is InChI=1S/C30H49FO4/c1-5-29(34,6-2)17-8-7-10-21(3)24-14-15-25-23(11-9-16-28(24,25)4)13-12-22-18-26(32)30(35,20-31)27(33)19-22/h7-8,10,13,17,21-22,24-27,32-35H,5-6,9,11-12,14-16,18-20H2,1-4H3/t21-,22?,24?,25?,26-,27-,28?,30?/m1/s1. The molecule has 0 aromatic rings. The van der Waals surface area contributed by atoms with Gasteiger partial charge >= 0.3 is 0 Å². The number of hydrogen-bond donors (Lipinski definition) is 4. The van der Waals surface area contributed by atoms with Gasteiger partial charge in [0, 0.05) is 0 Å². The molecule has 0 amide bonds. The van der Waals surface area contributed by atoms with Crippen LogP contribution in [0.2, 0.25) is 0 Å². The van der Waals surface area contributed by atoms with Gasteiger partial charge < -0.3 is 20.4 Å². The molecule has 0 aromatic carbocycles. The van der Waals surface area contributed by atoms with Crippen molar-refractivity contribution in [2.45, 2.75) is 115 Å². The second-order valence-electron chi connectivity index (χ2n) is 12.0. The molecule has 200 valence electrons. The van der Waals surface area contributed by atoms with E-state index in [1.165, 1.54) is 31.3 Å². The van der Waals surface area contributed by atoms with Crippen LogP contribution in [0.4, 0.5) is 4.39 Å². The monoisotopic (exact) mass is 492 g/mol. The minimum Gasteiger partial charge on any atom is -0.390 e. The summed E-state index contributed by atoms with van der Waals surface area (Å²) < 4.78 is 13.2. The molecule has 3 unspecified atom stereocenters. The molecule has 0 bridgehead atoms. The summed E-state index contributed by atoms with van der Waals surface area (Å²) in [6.07, 6.45) is 17.0. The van der Waals surface area contributed by atoms with Crippen LogP contribution in [0, 0.1) is 29.1 Å². The van der Waals surface area contributed by atoms with Crippen LogP contribution in [-0.2, 0) is 0 Å². The first-order chi connectivity index (χ1) is 16.5. The molecule has 0 heterocycles. The minimum atomic E-state index is -2.02. The first-order valence-corrected chi connectivity index (χ1v) is 13.9. The quantitative estimate of drug-likeness (QED) is 0.248. The van der Waals surface area contributed by atoms with Crippen LogP contribution >= 0.6 is 0 Å². The zero-order valence-corrected chi connectivity index (χ0v) is 22.3. The zero-order chi connectivity index (χ0) is 25.9. The summed E-state index contributed by atoms with van der Waals surface area (Å²) in [6, 6.07) is 0. The summed E-state index contributed by atoms with van der Waals surface area (Å²) in [6.45, 7) is 7.69. The highest BCUT2D eigenvalue weighted by Gasteiger charge is 2.51. The Kier molecular flexibility index (Phi) is 9.45. The molecule has 0 spiro atoms. The lowest BCUT2D eigenvalue weighted by atomic mass is 9.61. The Balaban J connectivity index is 1.64. The number of aliphatic hydroxyl groups is 4. The van der Waals surface area contributed by atoms with E-state index in [1.54, 1.807) is 0 Å². The Hall–Kier alpha value is -1.01. The zero-order valence-electron chi connectivity index (χ0n) is 22.3. The van der Waals surface area contributed by atoms with Crippen molar-refractivity contribution < 1.29 is 24.8 Å². The molecule has 0 aliphatic heterocycles. The maximum atomic E-state index is 13.2. The van der Waals surface area contributed by atoms with Gasteiger partial charge in [-0.25, -0.2) is 4.39 Å². The summed E-state index contributed by atoms with van der Waals surface area (Å²) in [5.41, 5.74) is -0.944. The van der Waals surface area contributed by atoms with Crippen molar-refractivity contribution >= 4 is 0 Å². The molecule has 3 saturated carbocycles. The van der Waals surface area contributed by atoms with E-state index in [-0.39, 0.29) is 11.3 Å². The van der Waals surface area contributed by atoms with E-state index in [0.717, 1.165) is 25.7 Å². The number of hydrogen-bond acceptors (Lipinski definition) is 4. The molecular weight excluding hydrogens is 443 g/mol. The SMILES string of the molecule is CCC(O)(C=CC=C[C@@H](C)C1CCC2C(=CCC3C[C@@H](O)C(O)(CF)[C@H](O)C3)CCCC21C)CC. The third-order valence-corrected chi connectivity index (χ3v) is 10.0. The third kappa shape index (κ3) is 5.95. The molecule has 3 aliphatic rings. The first-order valence-electron chi connectivity index (χ1n) is 13.9. The van der Waals surface area contributed by atoms with Crippen molar-refractivity contribution in [2.24, 2.45) is 29.1 Å². The highest BCUT2D eigenvalue weighted by atomic mass is 19.1. The number of fused-ring (bicyclic) bond motifs is 1. The van der Waals surface area contributed by atoms with Gasteiger partial charge in [0.05, 0.1) is 17.8 Å². The van der Waals surface area contributed by atoms with Gasteiger partial charge in [0.2, 0.25) is 0 Å². The second kappa shape index (κ2) is 11.6. The Morgan fingerprint density at radius 1 is 1.11 bits per heavy atom. The Labute approximate surface area is 212 Å². The normalized spacial score (nSPS) is 40.6. The van der Waals surface area contributed by atoms with Gasteiger partial charge in [-0.3, -0.25) is 0 Å². The summed E-state index contributed by atoms with van der Waals surface area (Å²) in [5.74, 6) is 1.71. The van der Waals surface area contributed by atoms with E-state index < -0.39 is 30.1 Å². The van der Waals surface area contributed by atoms with E-state index in [4.69, 9.17) is 0 Å². The fourth-order valence-corrected chi connectivity index (χ4v) is 7.33. The highest BCUT2D eigenvalue weighted by Crippen LogP contribution is 2.59. The number of alkyl halides is 1. The largest absolute Gasteiger partial charge is 0.390 e. The van der Waals surface area contributed by atoms with Gasteiger partial charge in [0.25, 0.3) is 0 Å². The van der Waals surface area contributed by atoms with Crippen molar-refractivity contribution in [3.63, 3.8) is 0 Å².